The van der Waals surface area contributed by atoms with E-state index in [9.17, 15) is 5.11 Å². The van der Waals surface area contributed by atoms with E-state index in [1.54, 1.807) is 0 Å². The third-order valence-corrected chi connectivity index (χ3v) is 4.07. The van der Waals surface area contributed by atoms with Crippen LogP contribution in [0.15, 0.2) is 71.8 Å². The summed E-state index contributed by atoms with van der Waals surface area (Å²) in [5, 5.41) is 17.4. The van der Waals surface area contributed by atoms with Gasteiger partial charge in [-0.2, -0.15) is 5.10 Å². The summed E-state index contributed by atoms with van der Waals surface area (Å²) in [7, 11) is 0. The first-order valence-corrected chi connectivity index (χ1v) is 7.75. The number of aliphatic hydroxyl groups is 1. The van der Waals surface area contributed by atoms with Crippen molar-refractivity contribution in [2.75, 3.05) is 0 Å². The quantitative estimate of drug-likeness (QED) is 0.421. The number of hydrogen-bond acceptors (Lipinski definition) is 3. The molecule has 0 aromatic heterocycles. The van der Waals surface area contributed by atoms with Gasteiger partial charge in [-0.3, -0.25) is 5.43 Å². The first-order valence-electron chi connectivity index (χ1n) is 7.37. The number of benzene rings is 3. The number of hydrogen-bond donors (Lipinski definition) is 2. The number of nitrogens with zero attached hydrogens (tertiary/aromatic N) is 1. The summed E-state index contributed by atoms with van der Waals surface area (Å²) in [5.74, 6) is 0. The minimum atomic E-state index is -0.890. The van der Waals surface area contributed by atoms with E-state index in [1.807, 2.05) is 73.7 Å². The lowest BCUT2D eigenvalue weighted by Gasteiger charge is -2.14. The zero-order valence-corrected chi connectivity index (χ0v) is 13.5. The van der Waals surface area contributed by atoms with Gasteiger partial charge >= 0.3 is 0 Å². The van der Waals surface area contributed by atoms with Crippen molar-refractivity contribution in [3.8, 4) is 0 Å². The molecular weight excluding hydrogens is 308 g/mol. The van der Waals surface area contributed by atoms with Gasteiger partial charge in [0.15, 0.2) is 6.23 Å². The van der Waals surface area contributed by atoms with Crippen molar-refractivity contribution in [3.05, 3.63) is 82.9 Å². The number of nitrogens with one attached hydrogen (secondary N) is 1. The smallest absolute Gasteiger partial charge is 0.166 e. The molecule has 0 fully saturated rings. The van der Waals surface area contributed by atoms with Crippen LogP contribution in [-0.4, -0.2) is 10.8 Å². The lowest BCUT2D eigenvalue weighted by atomic mass is 10.0. The van der Waals surface area contributed by atoms with Crippen LogP contribution < -0.4 is 5.43 Å². The Morgan fingerprint density at radius 3 is 2.52 bits per heavy atom. The summed E-state index contributed by atoms with van der Waals surface area (Å²) in [6.07, 6.45) is -0.890. The molecule has 0 aliphatic rings. The highest BCUT2D eigenvalue weighted by Gasteiger charge is 2.10. The van der Waals surface area contributed by atoms with Crippen LogP contribution in [0.4, 0.5) is 0 Å². The molecule has 1 atom stereocenters. The Kier molecular flexibility index (Phi) is 4.60. The van der Waals surface area contributed by atoms with E-state index in [1.165, 1.54) is 0 Å². The molecule has 0 bridgehead atoms. The second-order valence-corrected chi connectivity index (χ2v) is 5.68. The zero-order valence-electron chi connectivity index (χ0n) is 12.7. The molecule has 0 radical (unpaired) electrons. The fourth-order valence-corrected chi connectivity index (χ4v) is 2.80. The van der Waals surface area contributed by atoms with Crippen LogP contribution in [0.5, 0.6) is 0 Å². The van der Waals surface area contributed by atoms with Gasteiger partial charge < -0.3 is 5.11 Å². The number of halogens is 1. The number of fused-ring (bicyclic) bond motifs is 1. The molecule has 1 unspecified atom stereocenters. The first-order chi connectivity index (χ1) is 11.2. The lowest BCUT2D eigenvalue weighted by molar-refractivity contribution is 0.142. The van der Waals surface area contributed by atoms with E-state index in [0.717, 1.165) is 27.6 Å². The molecule has 3 nitrogen and oxygen atoms in total. The van der Waals surface area contributed by atoms with Crippen molar-refractivity contribution in [1.82, 2.24) is 5.43 Å². The third kappa shape index (κ3) is 3.36. The molecule has 3 rings (SSSR count). The fourth-order valence-electron chi connectivity index (χ4n) is 2.53. The topological polar surface area (TPSA) is 44.6 Å². The monoisotopic (exact) mass is 324 g/mol. The van der Waals surface area contributed by atoms with Gasteiger partial charge in [-0.15, -0.1) is 0 Å². The van der Waals surface area contributed by atoms with E-state index >= 15 is 0 Å². The van der Waals surface area contributed by atoms with Gasteiger partial charge in [0, 0.05) is 16.1 Å². The molecule has 23 heavy (non-hydrogen) atoms. The Labute approximate surface area is 140 Å². The van der Waals surface area contributed by atoms with Gasteiger partial charge in [-0.25, -0.2) is 0 Å². The highest BCUT2D eigenvalue weighted by atomic mass is 35.5. The lowest BCUT2D eigenvalue weighted by Crippen LogP contribution is -2.17. The van der Waals surface area contributed by atoms with Crippen molar-refractivity contribution >= 4 is 28.1 Å². The second-order valence-electron chi connectivity index (χ2n) is 5.28. The van der Waals surface area contributed by atoms with E-state index in [4.69, 9.17) is 11.6 Å². The molecule has 0 spiro atoms. The molecule has 0 heterocycles. The van der Waals surface area contributed by atoms with Crippen molar-refractivity contribution in [2.24, 2.45) is 5.10 Å². The van der Waals surface area contributed by atoms with Crippen molar-refractivity contribution in [1.29, 1.82) is 0 Å². The maximum absolute atomic E-state index is 10.4. The van der Waals surface area contributed by atoms with Gasteiger partial charge in [0.1, 0.15) is 0 Å². The minimum absolute atomic E-state index is 0.634. The second kappa shape index (κ2) is 6.82. The molecule has 0 aliphatic carbocycles. The molecule has 2 N–H and O–H groups in total. The van der Waals surface area contributed by atoms with Crippen molar-refractivity contribution in [2.45, 2.75) is 13.2 Å². The van der Waals surface area contributed by atoms with Crippen LogP contribution in [0.2, 0.25) is 5.02 Å². The molecule has 0 saturated heterocycles. The molecule has 0 saturated carbocycles. The Balaban J connectivity index is 1.85. The third-order valence-electron chi connectivity index (χ3n) is 3.74. The van der Waals surface area contributed by atoms with Gasteiger partial charge in [-0.1, -0.05) is 72.3 Å². The van der Waals surface area contributed by atoms with Gasteiger partial charge in [0.2, 0.25) is 0 Å². The Bertz CT molecular complexity index is 855. The summed E-state index contributed by atoms with van der Waals surface area (Å²) < 4.78 is 0. The predicted molar refractivity (Wildman–Crippen MR) is 95.7 cm³/mol. The maximum atomic E-state index is 10.4. The van der Waals surface area contributed by atoms with Crippen molar-refractivity contribution in [3.63, 3.8) is 0 Å². The van der Waals surface area contributed by atoms with E-state index in [2.05, 4.69) is 10.5 Å². The highest BCUT2D eigenvalue weighted by Crippen LogP contribution is 2.23. The van der Waals surface area contributed by atoms with Crippen LogP contribution in [0.25, 0.3) is 10.8 Å². The number of hydrazone groups is 1. The predicted octanol–water partition coefficient (Wildman–Crippen LogP) is 4.50. The minimum Gasteiger partial charge on any atom is -0.368 e. The first kappa shape index (κ1) is 15.5. The van der Waals surface area contributed by atoms with Crippen LogP contribution in [0.1, 0.15) is 24.3 Å². The largest absolute Gasteiger partial charge is 0.368 e. The average molecular weight is 325 g/mol. The van der Waals surface area contributed by atoms with Gasteiger partial charge in [0.05, 0.1) is 5.71 Å². The van der Waals surface area contributed by atoms with E-state index in [0.29, 0.717) is 5.02 Å². The molecule has 4 heteroatoms. The van der Waals surface area contributed by atoms with Crippen LogP contribution in [0, 0.1) is 0 Å². The summed E-state index contributed by atoms with van der Waals surface area (Å²) in [5.41, 5.74) is 5.15. The normalized spacial score (nSPS) is 13.1. The average Bonchev–Trinajstić information content (AvgIpc) is 2.59. The Hall–Kier alpha value is -2.36. The SMILES string of the molecule is C/C(=N\NC(O)c1cccc2ccccc12)c1ccccc1Cl. The van der Waals surface area contributed by atoms with Gasteiger partial charge in [0.25, 0.3) is 0 Å². The number of aliphatic hydroxyl groups excluding tert-OH is 1. The summed E-state index contributed by atoms with van der Waals surface area (Å²) in [6, 6.07) is 21.3. The standard InChI is InChI=1S/C19H17ClN2O/c1-13(15-9-4-5-12-18(15)20)21-22-19(23)17-11-6-8-14-7-2-3-10-16(14)17/h2-12,19,22-23H,1H3/b21-13+. The van der Waals surface area contributed by atoms with Crippen molar-refractivity contribution < 1.29 is 5.11 Å². The van der Waals surface area contributed by atoms with E-state index in [-0.39, 0.29) is 0 Å². The summed E-state index contributed by atoms with van der Waals surface area (Å²) in [4.78, 5) is 0. The summed E-state index contributed by atoms with van der Waals surface area (Å²) >= 11 is 6.16. The molecular formula is C19H17ClN2O. The van der Waals surface area contributed by atoms with E-state index < -0.39 is 6.23 Å². The fraction of sp³-hybridized carbons (Fsp3) is 0.105. The molecule has 0 aliphatic heterocycles. The summed E-state index contributed by atoms with van der Waals surface area (Å²) in [6.45, 7) is 1.85. The molecule has 3 aromatic rings. The number of rotatable bonds is 4. The zero-order chi connectivity index (χ0) is 16.2. The van der Waals surface area contributed by atoms with Crippen LogP contribution >= 0.6 is 11.6 Å². The van der Waals surface area contributed by atoms with Gasteiger partial charge in [-0.05, 0) is 23.8 Å². The molecule has 116 valence electrons. The molecule has 0 amide bonds. The Morgan fingerprint density at radius 2 is 1.70 bits per heavy atom. The molecule has 3 aromatic carbocycles. The highest BCUT2D eigenvalue weighted by molar-refractivity contribution is 6.34. The Morgan fingerprint density at radius 1 is 1.00 bits per heavy atom. The van der Waals surface area contributed by atoms with Crippen LogP contribution in [0.3, 0.4) is 0 Å². The maximum Gasteiger partial charge on any atom is 0.166 e. The van der Waals surface area contributed by atoms with Crippen LogP contribution in [-0.2, 0) is 0 Å².